The molecular weight excluding hydrogens is 231 g/mol. The van der Waals surface area contributed by atoms with Crippen LogP contribution >= 0.6 is 0 Å². The predicted molar refractivity (Wildman–Crippen MR) is 71.4 cm³/mol. The highest BCUT2D eigenvalue weighted by molar-refractivity contribution is 5.51. The van der Waals surface area contributed by atoms with Crippen LogP contribution in [-0.2, 0) is 11.3 Å². The number of nitrogens with zero attached hydrogens (tertiary/aromatic N) is 1. The minimum absolute atomic E-state index is 0.166. The molecule has 1 aromatic carbocycles. The largest absolute Gasteiger partial charge is 0.383 e. The summed E-state index contributed by atoms with van der Waals surface area (Å²) in [7, 11) is 3.57. The van der Waals surface area contributed by atoms with Gasteiger partial charge in [0.25, 0.3) is 0 Å². The van der Waals surface area contributed by atoms with Crippen LogP contribution in [0.1, 0.15) is 18.4 Å². The van der Waals surface area contributed by atoms with Crippen molar-refractivity contribution >= 4 is 5.69 Å². The van der Waals surface area contributed by atoms with Crippen LogP contribution in [0.3, 0.4) is 0 Å². The van der Waals surface area contributed by atoms with Crippen LogP contribution in [0.5, 0.6) is 0 Å². The molecule has 1 aromatic rings. The Morgan fingerprint density at radius 3 is 2.78 bits per heavy atom. The van der Waals surface area contributed by atoms with Gasteiger partial charge >= 0.3 is 0 Å². The average Bonchev–Trinajstić information content (AvgIpc) is 3.14. The Bertz CT molecular complexity index is 393. The second kappa shape index (κ2) is 6.16. The summed E-state index contributed by atoms with van der Waals surface area (Å²) in [5.74, 6) is -0.166. The molecule has 0 spiro atoms. The zero-order valence-electron chi connectivity index (χ0n) is 11.1. The number of anilines is 1. The minimum atomic E-state index is -0.166. The third kappa shape index (κ3) is 3.43. The first-order chi connectivity index (χ1) is 8.74. The molecular formula is C14H21FN2O. The molecule has 1 N–H and O–H groups in total. The van der Waals surface area contributed by atoms with Crippen LogP contribution in [0.25, 0.3) is 0 Å². The van der Waals surface area contributed by atoms with E-state index >= 15 is 0 Å². The zero-order chi connectivity index (χ0) is 13.0. The lowest BCUT2D eigenvalue weighted by atomic mass is 10.1. The Labute approximate surface area is 108 Å². The Hall–Kier alpha value is -1.13. The van der Waals surface area contributed by atoms with Crippen molar-refractivity contribution in [3.05, 3.63) is 29.6 Å². The van der Waals surface area contributed by atoms with Crippen LogP contribution in [0.2, 0.25) is 0 Å². The van der Waals surface area contributed by atoms with Crippen LogP contribution in [0.15, 0.2) is 18.2 Å². The molecule has 1 aliphatic rings. The SMILES string of the molecule is CNCc1cc(F)cc(N(CCOC)C2CC2)c1. The molecule has 4 heteroatoms. The number of benzene rings is 1. The molecule has 0 aliphatic heterocycles. The summed E-state index contributed by atoms with van der Waals surface area (Å²) >= 11 is 0. The first-order valence-electron chi connectivity index (χ1n) is 6.44. The molecule has 0 aromatic heterocycles. The van der Waals surface area contributed by atoms with Crippen molar-refractivity contribution < 1.29 is 9.13 Å². The number of halogens is 1. The number of hydrogen-bond donors (Lipinski definition) is 1. The predicted octanol–water partition coefficient (Wildman–Crippen LogP) is 2.16. The van der Waals surface area contributed by atoms with Gasteiger partial charge in [0, 0.05) is 31.9 Å². The third-order valence-corrected chi connectivity index (χ3v) is 3.18. The molecule has 0 radical (unpaired) electrons. The highest BCUT2D eigenvalue weighted by atomic mass is 19.1. The second-order valence-electron chi connectivity index (χ2n) is 4.77. The fraction of sp³-hybridized carbons (Fsp3) is 0.571. The van der Waals surface area contributed by atoms with Crippen LogP contribution in [0, 0.1) is 5.82 Å². The van der Waals surface area contributed by atoms with Gasteiger partial charge in [-0.2, -0.15) is 0 Å². The Kier molecular flexibility index (Phi) is 4.55. The van der Waals surface area contributed by atoms with E-state index in [4.69, 9.17) is 4.74 Å². The van der Waals surface area contributed by atoms with Crippen molar-refractivity contribution in [1.82, 2.24) is 5.32 Å². The summed E-state index contributed by atoms with van der Waals surface area (Å²) < 4.78 is 18.8. The fourth-order valence-corrected chi connectivity index (χ4v) is 2.20. The Morgan fingerprint density at radius 1 is 1.39 bits per heavy atom. The van der Waals surface area contributed by atoms with Crippen LogP contribution in [0.4, 0.5) is 10.1 Å². The van der Waals surface area contributed by atoms with Gasteiger partial charge < -0.3 is 15.0 Å². The summed E-state index contributed by atoms with van der Waals surface area (Å²) in [6.45, 7) is 2.19. The molecule has 18 heavy (non-hydrogen) atoms. The van der Waals surface area contributed by atoms with Gasteiger partial charge in [-0.05, 0) is 43.7 Å². The number of nitrogens with one attached hydrogen (secondary N) is 1. The van der Waals surface area contributed by atoms with Gasteiger partial charge in [0.15, 0.2) is 0 Å². The molecule has 1 fully saturated rings. The molecule has 0 bridgehead atoms. The molecule has 0 amide bonds. The monoisotopic (exact) mass is 252 g/mol. The van der Waals surface area contributed by atoms with Gasteiger partial charge in [0.1, 0.15) is 5.82 Å². The van der Waals surface area contributed by atoms with Gasteiger partial charge in [-0.3, -0.25) is 0 Å². The molecule has 0 saturated heterocycles. The van der Waals surface area contributed by atoms with E-state index in [0.29, 0.717) is 19.2 Å². The van der Waals surface area contributed by atoms with E-state index in [0.717, 1.165) is 17.8 Å². The number of methoxy groups -OCH3 is 1. The lowest BCUT2D eigenvalue weighted by Crippen LogP contribution is -2.29. The first-order valence-corrected chi connectivity index (χ1v) is 6.44. The zero-order valence-corrected chi connectivity index (χ0v) is 11.1. The van der Waals surface area contributed by atoms with Crippen molar-refractivity contribution in [2.75, 3.05) is 32.2 Å². The molecule has 0 heterocycles. The summed E-state index contributed by atoms with van der Waals surface area (Å²) in [5, 5.41) is 3.06. The molecule has 1 aliphatic carbocycles. The van der Waals surface area contributed by atoms with Crippen molar-refractivity contribution in [3.63, 3.8) is 0 Å². The van der Waals surface area contributed by atoms with Gasteiger partial charge in [0.2, 0.25) is 0 Å². The van der Waals surface area contributed by atoms with Gasteiger partial charge in [-0.15, -0.1) is 0 Å². The first kappa shape index (κ1) is 13.3. The van der Waals surface area contributed by atoms with Gasteiger partial charge in [-0.25, -0.2) is 4.39 Å². The van der Waals surface area contributed by atoms with Gasteiger partial charge in [-0.1, -0.05) is 0 Å². The molecule has 1 saturated carbocycles. The topological polar surface area (TPSA) is 24.5 Å². The van der Waals surface area contributed by atoms with E-state index in [9.17, 15) is 4.39 Å². The smallest absolute Gasteiger partial charge is 0.125 e. The summed E-state index contributed by atoms with van der Waals surface area (Å²) in [5.41, 5.74) is 1.95. The average molecular weight is 252 g/mol. The minimum Gasteiger partial charge on any atom is -0.383 e. The third-order valence-electron chi connectivity index (χ3n) is 3.18. The van der Waals surface area contributed by atoms with Crippen LogP contribution < -0.4 is 10.2 Å². The molecule has 0 atom stereocenters. The Morgan fingerprint density at radius 2 is 2.17 bits per heavy atom. The molecule has 3 nitrogen and oxygen atoms in total. The summed E-state index contributed by atoms with van der Waals surface area (Å²) in [4.78, 5) is 2.26. The summed E-state index contributed by atoms with van der Waals surface area (Å²) in [6, 6.07) is 5.83. The highest BCUT2D eigenvalue weighted by Crippen LogP contribution is 2.32. The lowest BCUT2D eigenvalue weighted by Gasteiger charge is -2.25. The fourth-order valence-electron chi connectivity index (χ4n) is 2.20. The van der Waals surface area contributed by atoms with Crippen LogP contribution in [-0.4, -0.2) is 33.4 Å². The number of rotatable bonds is 7. The number of hydrogen-bond acceptors (Lipinski definition) is 3. The van der Waals surface area contributed by atoms with E-state index in [-0.39, 0.29) is 5.82 Å². The maximum absolute atomic E-state index is 13.6. The van der Waals surface area contributed by atoms with E-state index < -0.39 is 0 Å². The maximum Gasteiger partial charge on any atom is 0.125 e. The summed E-state index contributed by atoms with van der Waals surface area (Å²) in [6.07, 6.45) is 2.39. The van der Waals surface area contributed by atoms with Crippen molar-refractivity contribution in [2.45, 2.75) is 25.4 Å². The van der Waals surface area contributed by atoms with Crippen molar-refractivity contribution in [1.29, 1.82) is 0 Å². The van der Waals surface area contributed by atoms with E-state index in [1.54, 1.807) is 19.2 Å². The lowest BCUT2D eigenvalue weighted by molar-refractivity contribution is 0.205. The normalized spacial score (nSPS) is 14.8. The molecule has 100 valence electrons. The van der Waals surface area contributed by atoms with Crippen molar-refractivity contribution in [2.24, 2.45) is 0 Å². The number of ether oxygens (including phenoxy) is 1. The Balaban J connectivity index is 2.17. The quantitative estimate of drug-likeness (QED) is 0.805. The van der Waals surface area contributed by atoms with Gasteiger partial charge in [0.05, 0.1) is 6.61 Å². The highest BCUT2D eigenvalue weighted by Gasteiger charge is 2.29. The van der Waals surface area contributed by atoms with E-state index in [1.165, 1.54) is 12.8 Å². The van der Waals surface area contributed by atoms with E-state index in [2.05, 4.69) is 16.3 Å². The maximum atomic E-state index is 13.6. The van der Waals surface area contributed by atoms with E-state index in [1.807, 2.05) is 7.05 Å². The standard InChI is InChI=1S/C14H21FN2O/c1-16-10-11-7-12(15)9-14(8-11)17(5-6-18-2)13-3-4-13/h7-9,13,16H,3-6,10H2,1-2H3. The molecule has 0 unspecified atom stereocenters. The second-order valence-corrected chi connectivity index (χ2v) is 4.77. The van der Waals surface area contributed by atoms with Crippen molar-refractivity contribution in [3.8, 4) is 0 Å². The molecule has 2 rings (SSSR count).